The standard InChI is InChI=1S/C9H16O5/c1-6(10)7(9(13)14)4-2-3-5-8(11)12/h6-7,10H,2-5H2,1H3,(H,11,12)(H,13,14). The van der Waals surface area contributed by atoms with Crippen LogP contribution in [0.4, 0.5) is 0 Å². The van der Waals surface area contributed by atoms with E-state index in [9.17, 15) is 9.59 Å². The molecule has 0 radical (unpaired) electrons. The molecule has 0 aromatic carbocycles. The molecule has 14 heavy (non-hydrogen) atoms. The molecule has 5 heteroatoms. The van der Waals surface area contributed by atoms with E-state index in [1.165, 1.54) is 6.92 Å². The van der Waals surface area contributed by atoms with Crippen molar-refractivity contribution in [3.05, 3.63) is 0 Å². The predicted octanol–water partition coefficient (Wildman–Crippen LogP) is 0.713. The number of carboxylic acid groups (broad SMARTS) is 2. The van der Waals surface area contributed by atoms with Crippen LogP contribution >= 0.6 is 0 Å². The first-order valence-corrected chi connectivity index (χ1v) is 4.57. The molecule has 2 atom stereocenters. The summed E-state index contributed by atoms with van der Waals surface area (Å²) in [5.74, 6) is -2.70. The number of carboxylic acids is 2. The molecule has 0 aromatic heterocycles. The molecule has 0 spiro atoms. The van der Waals surface area contributed by atoms with Gasteiger partial charge >= 0.3 is 11.9 Å². The highest BCUT2D eigenvalue weighted by Gasteiger charge is 2.22. The molecular formula is C9H16O5. The summed E-state index contributed by atoms with van der Waals surface area (Å²) in [5.41, 5.74) is 0. The predicted molar refractivity (Wildman–Crippen MR) is 48.9 cm³/mol. The lowest BCUT2D eigenvalue weighted by Crippen LogP contribution is -2.25. The van der Waals surface area contributed by atoms with E-state index < -0.39 is 24.0 Å². The van der Waals surface area contributed by atoms with Crippen molar-refractivity contribution in [2.24, 2.45) is 5.92 Å². The first-order valence-electron chi connectivity index (χ1n) is 4.57. The molecule has 0 aromatic rings. The summed E-state index contributed by atoms with van der Waals surface area (Å²) in [6, 6.07) is 0. The lowest BCUT2D eigenvalue weighted by Gasteiger charge is -2.14. The SMILES string of the molecule is CC(O)C(CCCCC(=O)O)C(=O)O. The van der Waals surface area contributed by atoms with Crippen LogP contribution in [0.25, 0.3) is 0 Å². The summed E-state index contributed by atoms with van der Waals surface area (Å²) < 4.78 is 0. The van der Waals surface area contributed by atoms with Crippen molar-refractivity contribution < 1.29 is 24.9 Å². The lowest BCUT2D eigenvalue weighted by atomic mass is 9.96. The van der Waals surface area contributed by atoms with Crippen LogP contribution in [0.15, 0.2) is 0 Å². The van der Waals surface area contributed by atoms with E-state index >= 15 is 0 Å². The second-order valence-electron chi connectivity index (χ2n) is 3.32. The van der Waals surface area contributed by atoms with E-state index in [0.717, 1.165) is 0 Å². The molecule has 0 aliphatic heterocycles. The third-order valence-corrected chi connectivity index (χ3v) is 2.06. The fourth-order valence-electron chi connectivity index (χ4n) is 1.21. The highest BCUT2D eigenvalue weighted by molar-refractivity contribution is 5.70. The second kappa shape index (κ2) is 6.37. The number of aliphatic hydroxyl groups excluding tert-OH is 1. The van der Waals surface area contributed by atoms with Gasteiger partial charge in [-0.2, -0.15) is 0 Å². The summed E-state index contributed by atoms with van der Waals surface area (Å²) in [7, 11) is 0. The molecule has 3 N–H and O–H groups in total. The van der Waals surface area contributed by atoms with Gasteiger partial charge in [-0.25, -0.2) is 0 Å². The van der Waals surface area contributed by atoms with E-state index in [1.54, 1.807) is 0 Å². The molecule has 2 unspecified atom stereocenters. The number of hydrogen-bond donors (Lipinski definition) is 3. The minimum atomic E-state index is -1.03. The van der Waals surface area contributed by atoms with Crippen LogP contribution < -0.4 is 0 Å². The number of hydrogen-bond acceptors (Lipinski definition) is 3. The van der Waals surface area contributed by atoms with Gasteiger partial charge in [-0.15, -0.1) is 0 Å². The number of unbranched alkanes of at least 4 members (excludes halogenated alkanes) is 1. The number of aliphatic carboxylic acids is 2. The van der Waals surface area contributed by atoms with E-state index in [4.69, 9.17) is 15.3 Å². The summed E-state index contributed by atoms with van der Waals surface area (Å²) in [6.07, 6.45) is 0.434. The van der Waals surface area contributed by atoms with Gasteiger partial charge in [-0.1, -0.05) is 6.42 Å². The molecule has 0 saturated heterocycles. The van der Waals surface area contributed by atoms with Gasteiger partial charge < -0.3 is 15.3 Å². The lowest BCUT2D eigenvalue weighted by molar-refractivity contribution is -0.145. The summed E-state index contributed by atoms with van der Waals surface area (Å²) >= 11 is 0. The maximum absolute atomic E-state index is 10.6. The highest BCUT2D eigenvalue weighted by atomic mass is 16.4. The fourth-order valence-corrected chi connectivity index (χ4v) is 1.21. The van der Waals surface area contributed by atoms with Crippen LogP contribution in [0.3, 0.4) is 0 Å². The van der Waals surface area contributed by atoms with E-state index in [2.05, 4.69) is 0 Å². The van der Waals surface area contributed by atoms with Crippen LogP contribution in [-0.2, 0) is 9.59 Å². The van der Waals surface area contributed by atoms with Crippen molar-refractivity contribution in [3.8, 4) is 0 Å². The highest BCUT2D eigenvalue weighted by Crippen LogP contribution is 2.14. The van der Waals surface area contributed by atoms with Crippen molar-refractivity contribution in [1.82, 2.24) is 0 Å². The third-order valence-electron chi connectivity index (χ3n) is 2.06. The van der Waals surface area contributed by atoms with Gasteiger partial charge in [0, 0.05) is 6.42 Å². The molecule has 0 aliphatic carbocycles. The smallest absolute Gasteiger partial charge is 0.309 e. The molecule has 0 heterocycles. The van der Waals surface area contributed by atoms with Gasteiger partial charge in [0.2, 0.25) is 0 Å². The van der Waals surface area contributed by atoms with Crippen molar-refractivity contribution in [1.29, 1.82) is 0 Å². The number of rotatable bonds is 7. The molecule has 0 fully saturated rings. The Labute approximate surface area is 82.4 Å². The molecule has 5 nitrogen and oxygen atoms in total. The maximum Gasteiger partial charge on any atom is 0.309 e. The molecule has 0 bridgehead atoms. The normalized spacial score (nSPS) is 14.7. The van der Waals surface area contributed by atoms with Gasteiger partial charge in [0.1, 0.15) is 0 Å². The van der Waals surface area contributed by atoms with Crippen LogP contribution in [-0.4, -0.2) is 33.4 Å². The molecule has 0 rings (SSSR count). The summed E-state index contributed by atoms with van der Waals surface area (Å²) in [6.45, 7) is 1.43. The number of carbonyl (C=O) groups is 2. The summed E-state index contributed by atoms with van der Waals surface area (Å²) in [5, 5.41) is 26.1. The zero-order valence-electron chi connectivity index (χ0n) is 8.14. The van der Waals surface area contributed by atoms with Crippen LogP contribution in [0, 0.1) is 5.92 Å². The second-order valence-corrected chi connectivity index (χ2v) is 3.32. The monoisotopic (exact) mass is 204 g/mol. The van der Waals surface area contributed by atoms with Crippen molar-refractivity contribution in [2.75, 3.05) is 0 Å². The first-order chi connectivity index (χ1) is 6.45. The molecule has 0 amide bonds. The van der Waals surface area contributed by atoms with Gasteiger partial charge in [0.05, 0.1) is 12.0 Å². The Bertz CT molecular complexity index is 199. The molecule has 0 saturated carbocycles. The minimum absolute atomic E-state index is 0.0478. The van der Waals surface area contributed by atoms with Crippen LogP contribution in [0.1, 0.15) is 32.6 Å². The quantitative estimate of drug-likeness (QED) is 0.531. The van der Waals surface area contributed by atoms with Crippen LogP contribution in [0.5, 0.6) is 0 Å². The van der Waals surface area contributed by atoms with Crippen molar-refractivity contribution >= 4 is 11.9 Å². The average Bonchev–Trinajstić information content (AvgIpc) is 2.01. The van der Waals surface area contributed by atoms with Gasteiger partial charge in [0.15, 0.2) is 0 Å². The van der Waals surface area contributed by atoms with Crippen molar-refractivity contribution in [2.45, 2.75) is 38.7 Å². The Balaban J connectivity index is 3.73. The Kier molecular flexibility index (Phi) is 5.87. The third kappa shape index (κ3) is 5.53. The molecule has 82 valence electrons. The zero-order valence-corrected chi connectivity index (χ0v) is 8.14. The Hall–Kier alpha value is -1.10. The zero-order chi connectivity index (χ0) is 11.1. The first kappa shape index (κ1) is 12.9. The molecular weight excluding hydrogens is 188 g/mol. The van der Waals surface area contributed by atoms with E-state index in [-0.39, 0.29) is 6.42 Å². The maximum atomic E-state index is 10.6. The number of aliphatic hydroxyl groups is 1. The van der Waals surface area contributed by atoms with Crippen molar-refractivity contribution in [3.63, 3.8) is 0 Å². The van der Waals surface area contributed by atoms with Crippen LogP contribution in [0.2, 0.25) is 0 Å². The summed E-state index contributed by atoms with van der Waals surface area (Å²) in [4.78, 5) is 20.7. The topological polar surface area (TPSA) is 94.8 Å². The van der Waals surface area contributed by atoms with Gasteiger partial charge in [-0.3, -0.25) is 9.59 Å². The largest absolute Gasteiger partial charge is 0.481 e. The minimum Gasteiger partial charge on any atom is -0.481 e. The fraction of sp³-hybridized carbons (Fsp3) is 0.778. The Morgan fingerprint density at radius 1 is 1.21 bits per heavy atom. The van der Waals surface area contributed by atoms with Gasteiger partial charge in [-0.05, 0) is 19.8 Å². The Morgan fingerprint density at radius 2 is 1.79 bits per heavy atom. The van der Waals surface area contributed by atoms with Gasteiger partial charge in [0.25, 0.3) is 0 Å². The Morgan fingerprint density at radius 3 is 2.14 bits per heavy atom. The van der Waals surface area contributed by atoms with E-state index in [1.807, 2.05) is 0 Å². The molecule has 0 aliphatic rings. The van der Waals surface area contributed by atoms with E-state index in [0.29, 0.717) is 19.3 Å². The average molecular weight is 204 g/mol.